The maximum atomic E-state index is 12.4. The van der Waals surface area contributed by atoms with E-state index in [0.29, 0.717) is 12.5 Å². The highest BCUT2D eigenvalue weighted by molar-refractivity contribution is 5.96. The second kappa shape index (κ2) is 5.58. The van der Waals surface area contributed by atoms with Crippen LogP contribution < -0.4 is 5.32 Å². The van der Waals surface area contributed by atoms with Gasteiger partial charge in [0.05, 0.1) is 17.8 Å². The molecule has 0 saturated carbocycles. The number of hydrogen-bond acceptors (Lipinski definition) is 4. The highest BCUT2D eigenvalue weighted by atomic mass is 16.1. The molecule has 1 N–H and O–H groups in total. The molecule has 0 aromatic carbocycles. The Morgan fingerprint density at radius 2 is 2.25 bits per heavy atom. The van der Waals surface area contributed by atoms with Gasteiger partial charge in [-0.1, -0.05) is 5.21 Å². The van der Waals surface area contributed by atoms with Gasteiger partial charge in [0.2, 0.25) is 0 Å². The molecule has 106 valence electrons. The van der Waals surface area contributed by atoms with Gasteiger partial charge in [-0.25, -0.2) is 0 Å². The van der Waals surface area contributed by atoms with Crippen LogP contribution in [0.4, 0.5) is 0 Å². The second-order valence-electron chi connectivity index (χ2n) is 5.27. The van der Waals surface area contributed by atoms with Crippen LogP contribution in [0.15, 0.2) is 24.5 Å². The summed E-state index contributed by atoms with van der Waals surface area (Å²) in [4.78, 5) is 12.4. The van der Waals surface area contributed by atoms with E-state index in [1.807, 2.05) is 18.3 Å². The molecule has 1 saturated heterocycles. The minimum absolute atomic E-state index is 0.106. The molecule has 6 heteroatoms. The Kier molecular flexibility index (Phi) is 3.64. The Morgan fingerprint density at radius 3 is 2.95 bits per heavy atom. The standard InChI is InChI=1S/C14H19N5O/c1-18-10-11(16-17-18)9-14(20)13-3-2-8-19(13)12-4-6-15-7-5-12/h2-3,8,10,12,15H,4-7,9H2,1H3. The van der Waals surface area contributed by atoms with Crippen molar-refractivity contribution in [1.82, 2.24) is 24.9 Å². The number of nitrogens with one attached hydrogen (secondary N) is 1. The van der Waals surface area contributed by atoms with E-state index < -0.39 is 0 Å². The van der Waals surface area contributed by atoms with E-state index in [2.05, 4.69) is 20.2 Å². The molecule has 0 radical (unpaired) electrons. The summed E-state index contributed by atoms with van der Waals surface area (Å²) in [5, 5.41) is 11.2. The summed E-state index contributed by atoms with van der Waals surface area (Å²) in [6.07, 6.45) is 6.25. The molecule has 0 unspecified atom stereocenters. The average molecular weight is 273 g/mol. The van der Waals surface area contributed by atoms with Gasteiger partial charge in [0.15, 0.2) is 5.78 Å². The minimum atomic E-state index is 0.106. The molecule has 20 heavy (non-hydrogen) atoms. The predicted octanol–water partition coefficient (Wildman–Crippen LogP) is 0.966. The van der Waals surface area contributed by atoms with Crippen LogP contribution in [-0.4, -0.2) is 38.4 Å². The molecule has 0 aliphatic carbocycles. The van der Waals surface area contributed by atoms with Crippen molar-refractivity contribution in [1.29, 1.82) is 0 Å². The first-order valence-corrected chi connectivity index (χ1v) is 7.00. The SMILES string of the molecule is Cn1cc(CC(=O)c2cccn2C2CCNCC2)nn1. The molecule has 1 aliphatic rings. The third kappa shape index (κ3) is 2.65. The van der Waals surface area contributed by atoms with Gasteiger partial charge in [-0.3, -0.25) is 9.48 Å². The average Bonchev–Trinajstić information content (AvgIpc) is 3.09. The van der Waals surface area contributed by atoms with Crippen LogP contribution >= 0.6 is 0 Å². The normalized spacial score (nSPS) is 16.4. The lowest BCUT2D eigenvalue weighted by Gasteiger charge is -2.25. The Bertz CT molecular complexity index is 594. The highest BCUT2D eigenvalue weighted by Gasteiger charge is 2.20. The van der Waals surface area contributed by atoms with E-state index in [0.717, 1.165) is 37.3 Å². The molecule has 1 fully saturated rings. The molecule has 0 bridgehead atoms. The smallest absolute Gasteiger partial charge is 0.185 e. The third-order valence-electron chi connectivity index (χ3n) is 3.76. The number of carbonyl (C=O) groups excluding carboxylic acids is 1. The molecule has 0 amide bonds. The summed E-state index contributed by atoms with van der Waals surface area (Å²) in [5.74, 6) is 0.106. The molecule has 3 rings (SSSR count). The lowest BCUT2D eigenvalue weighted by Crippen LogP contribution is -2.30. The zero-order valence-electron chi connectivity index (χ0n) is 11.6. The Morgan fingerprint density at radius 1 is 1.45 bits per heavy atom. The summed E-state index contributed by atoms with van der Waals surface area (Å²) >= 11 is 0. The minimum Gasteiger partial charge on any atom is -0.342 e. The summed E-state index contributed by atoms with van der Waals surface area (Å²) in [5.41, 5.74) is 1.50. The first-order valence-electron chi connectivity index (χ1n) is 7.00. The van der Waals surface area contributed by atoms with Crippen LogP contribution in [0.25, 0.3) is 0 Å². The van der Waals surface area contributed by atoms with Crippen molar-refractivity contribution in [3.8, 4) is 0 Å². The molecule has 1 aliphatic heterocycles. The fraction of sp³-hybridized carbons (Fsp3) is 0.500. The van der Waals surface area contributed by atoms with Crippen LogP contribution in [0, 0.1) is 0 Å². The van der Waals surface area contributed by atoms with Gasteiger partial charge in [0.25, 0.3) is 0 Å². The second-order valence-corrected chi connectivity index (χ2v) is 5.27. The first-order chi connectivity index (χ1) is 9.74. The van der Waals surface area contributed by atoms with Crippen molar-refractivity contribution in [2.75, 3.05) is 13.1 Å². The van der Waals surface area contributed by atoms with Crippen LogP contribution in [0.3, 0.4) is 0 Å². The lowest BCUT2D eigenvalue weighted by atomic mass is 10.1. The van der Waals surface area contributed by atoms with E-state index in [1.54, 1.807) is 17.9 Å². The van der Waals surface area contributed by atoms with Crippen LogP contribution in [0.5, 0.6) is 0 Å². The number of aryl methyl sites for hydroxylation is 1. The third-order valence-corrected chi connectivity index (χ3v) is 3.76. The van der Waals surface area contributed by atoms with E-state index in [1.165, 1.54) is 0 Å². The number of nitrogens with zero attached hydrogens (tertiary/aromatic N) is 4. The van der Waals surface area contributed by atoms with E-state index in [4.69, 9.17) is 0 Å². The molecule has 3 heterocycles. The number of ketones is 1. The number of rotatable bonds is 4. The maximum absolute atomic E-state index is 12.4. The molecule has 0 spiro atoms. The van der Waals surface area contributed by atoms with Crippen molar-refractivity contribution in [2.45, 2.75) is 25.3 Å². The molecule has 6 nitrogen and oxygen atoms in total. The molecule has 2 aromatic heterocycles. The van der Waals surface area contributed by atoms with Crippen LogP contribution in [-0.2, 0) is 13.5 Å². The van der Waals surface area contributed by atoms with Gasteiger partial charge in [0.1, 0.15) is 0 Å². The van der Waals surface area contributed by atoms with Crippen LogP contribution in [0.2, 0.25) is 0 Å². The van der Waals surface area contributed by atoms with E-state index in [-0.39, 0.29) is 5.78 Å². The van der Waals surface area contributed by atoms with Gasteiger partial charge < -0.3 is 9.88 Å². The largest absolute Gasteiger partial charge is 0.342 e. The van der Waals surface area contributed by atoms with Gasteiger partial charge in [-0.2, -0.15) is 0 Å². The molecular weight excluding hydrogens is 254 g/mol. The zero-order chi connectivity index (χ0) is 13.9. The predicted molar refractivity (Wildman–Crippen MR) is 74.6 cm³/mol. The Labute approximate surface area is 117 Å². The molecular formula is C14H19N5O. The van der Waals surface area contributed by atoms with Crippen molar-refractivity contribution < 1.29 is 4.79 Å². The number of piperidine rings is 1. The summed E-state index contributed by atoms with van der Waals surface area (Å²) in [6.45, 7) is 2.03. The maximum Gasteiger partial charge on any atom is 0.185 e. The van der Waals surface area contributed by atoms with Gasteiger partial charge in [0, 0.05) is 25.5 Å². The zero-order valence-corrected chi connectivity index (χ0v) is 11.6. The highest BCUT2D eigenvalue weighted by Crippen LogP contribution is 2.22. The van der Waals surface area contributed by atoms with Gasteiger partial charge >= 0.3 is 0 Å². The van der Waals surface area contributed by atoms with E-state index >= 15 is 0 Å². The van der Waals surface area contributed by atoms with Crippen LogP contribution in [0.1, 0.15) is 35.1 Å². The van der Waals surface area contributed by atoms with Crippen molar-refractivity contribution in [3.63, 3.8) is 0 Å². The monoisotopic (exact) mass is 273 g/mol. The van der Waals surface area contributed by atoms with Crippen molar-refractivity contribution >= 4 is 5.78 Å². The summed E-state index contributed by atoms with van der Waals surface area (Å²) in [7, 11) is 1.80. The number of carbonyl (C=O) groups is 1. The summed E-state index contributed by atoms with van der Waals surface area (Å²) < 4.78 is 3.74. The Balaban J connectivity index is 1.76. The number of aromatic nitrogens is 4. The van der Waals surface area contributed by atoms with Crippen molar-refractivity contribution in [3.05, 3.63) is 35.9 Å². The molecule has 2 aromatic rings. The molecule has 0 atom stereocenters. The Hall–Kier alpha value is -1.95. The van der Waals surface area contributed by atoms with Gasteiger partial charge in [-0.15, -0.1) is 5.10 Å². The number of hydrogen-bond donors (Lipinski definition) is 1. The topological polar surface area (TPSA) is 64.7 Å². The van der Waals surface area contributed by atoms with E-state index in [9.17, 15) is 4.79 Å². The van der Waals surface area contributed by atoms with Gasteiger partial charge in [-0.05, 0) is 38.1 Å². The fourth-order valence-corrected chi connectivity index (χ4v) is 2.76. The quantitative estimate of drug-likeness (QED) is 0.843. The number of Topliss-reactive ketones (excluding diaryl/α,β-unsaturated/α-hetero) is 1. The lowest BCUT2D eigenvalue weighted by molar-refractivity contribution is 0.0979. The first kappa shape index (κ1) is 13.1. The fourth-order valence-electron chi connectivity index (χ4n) is 2.76. The summed E-state index contributed by atoms with van der Waals surface area (Å²) in [6, 6.07) is 4.28. The van der Waals surface area contributed by atoms with Crippen molar-refractivity contribution in [2.24, 2.45) is 7.05 Å².